The highest BCUT2D eigenvalue weighted by atomic mass is 19.4. The van der Waals surface area contributed by atoms with Crippen molar-refractivity contribution in [3.8, 4) is 0 Å². The molecule has 0 saturated carbocycles. The number of halogens is 3. The van der Waals surface area contributed by atoms with Gasteiger partial charge in [0, 0.05) is 38.4 Å². The molecule has 1 unspecified atom stereocenters. The Labute approximate surface area is 146 Å². The summed E-state index contributed by atoms with van der Waals surface area (Å²) in [6, 6.07) is 5.41. The Kier molecular flexibility index (Phi) is 5.22. The van der Waals surface area contributed by atoms with Gasteiger partial charge in [0.05, 0.1) is 11.5 Å². The quantitative estimate of drug-likeness (QED) is 0.816. The van der Waals surface area contributed by atoms with Crippen LogP contribution < -0.4 is 4.90 Å². The minimum absolute atomic E-state index is 0.0545. The molecule has 0 aliphatic carbocycles. The van der Waals surface area contributed by atoms with Crippen molar-refractivity contribution in [2.24, 2.45) is 5.92 Å². The van der Waals surface area contributed by atoms with Crippen molar-refractivity contribution in [1.29, 1.82) is 0 Å². The number of rotatable bonds is 2. The average Bonchev–Trinajstić information content (AvgIpc) is 2.61. The summed E-state index contributed by atoms with van der Waals surface area (Å²) >= 11 is 0. The summed E-state index contributed by atoms with van der Waals surface area (Å²) in [4.78, 5) is 18.6. The highest BCUT2D eigenvalue weighted by molar-refractivity contribution is 5.79. The number of anilines is 1. The van der Waals surface area contributed by atoms with Gasteiger partial charge in [-0.15, -0.1) is 0 Å². The second-order valence-electron chi connectivity index (χ2n) is 6.96. The smallest absolute Gasteiger partial charge is 0.368 e. The van der Waals surface area contributed by atoms with E-state index in [4.69, 9.17) is 0 Å². The molecule has 4 nitrogen and oxygen atoms in total. The van der Waals surface area contributed by atoms with Gasteiger partial charge < -0.3 is 14.7 Å². The molecule has 25 heavy (non-hydrogen) atoms. The molecule has 2 aliphatic rings. The molecule has 2 aliphatic heterocycles. The van der Waals surface area contributed by atoms with Crippen molar-refractivity contribution in [1.82, 2.24) is 9.80 Å². The lowest BCUT2D eigenvalue weighted by molar-refractivity contribution is -0.138. The van der Waals surface area contributed by atoms with Crippen LogP contribution in [0.3, 0.4) is 0 Å². The van der Waals surface area contributed by atoms with Gasteiger partial charge in [0.15, 0.2) is 0 Å². The summed E-state index contributed by atoms with van der Waals surface area (Å²) in [5.74, 6) is 0.245. The maximum Gasteiger partial charge on any atom is 0.416 e. The van der Waals surface area contributed by atoms with E-state index < -0.39 is 11.7 Å². The number of carbonyl (C=O) groups is 1. The van der Waals surface area contributed by atoms with Crippen LogP contribution in [0.5, 0.6) is 0 Å². The van der Waals surface area contributed by atoms with Gasteiger partial charge in [0.2, 0.25) is 5.91 Å². The average molecular weight is 355 g/mol. The van der Waals surface area contributed by atoms with Crippen LogP contribution in [0.25, 0.3) is 0 Å². The summed E-state index contributed by atoms with van der Waals surface area (Å²) in [5, 5.41) is 0. The van der Waals surface area contributed by atoms with Crippen molar-refractivity contribution >= 4 is 11.6 Å². The lowest BCUT2D eigenvalue weighted by Crippen LogP contribution is -2.52. The molecule has 0 spiro atoms. The number of hydrogen-bond acceptors (Lipinski definition) is 3. The standard InChI is InChI=1S/C18H24F3N3O/c1-22-7-3-4-14(13-22)17(25)24-10-8-23(9-11-24)16-6-2-5-15(12-16)18(19,20)21/h2,5-6,12,14H,3-4,7-11,13H2,1H3. The van der Waals surface area contributed by atoms with E-state index in [-0.39, 0.29) is 11.8 Å². The van der Waals surface area contributed by atoms with Crippen LogP contribution in [0.2, 0.25) is 0 Å². The van der Waals surface area contributed by atoms with Crippen LogP contribution in [0.15, 0.2) is 24.3 Å². The fraction of sp³-hybridized carbons (Fsp3) is 0.611. The molecular formula is C18H24F3N3O. The first-order valence-electron chi connectivity index (χ1n) is 8.74. The zero-order valence-electron chi connectivity index (χ0n) is 14.4. The number of benzene rings is 1. The predicted octanol–water partition coefficient (Wildman–Crippen LogP) is 2.70. The van der Waals surface area contributed by atoms with Crippen LogP contribution in [0, 0.1) is 5.92 Å². The molecule has 1 amide bonds. The number of piperazine rings is 1. The summed E-state index contributed by atoms with van der Waals surface area (Å²) in [5.41, 5.74) is -0.0620. The number of amides is 1. The molecule has 1 aromatic carbocycles. The van der Waals surface area contributed by atoms with Crippen LogP contribution >= 0.6 is 0 Å². The second-order valence-corrected chi connectivity index (χ2v) is 6.96. The largest absolute Gasteiger partial charge is 0.416 e. The van der Waals surface area contributed by atoms with E-state index in [0.29, 0.717) is 31.9 Å². The molecule has 1 atom stereocenters. The third kappa shape index (κ3) is 4.26. The van der Waals surface area contributed by atoms with E-state index in [2.05, 4.69) is 4.90 Å². The first-order valence-corrected chi connectivity index (χ1v) is 8.74. The Balaban J connectivity index is 1.59. The van der Waals surface area contributed by atoms with E-state index in [9.17, 15) is 18.0 Å². The van der Waals surface area contributed by atoms with Gasteiger partial charge in [-0.1, -0.05) is 6.07 Å². The summed E-state index contributed by atoms with van der Waals surface area (Å²) in [6.45, 7) is 4.09. The molecule has 0 bridgehead atoms. The molecule has 3 rings (SSSR count). The number of alkyl halides is 3. The third-order valence-corrected chi connectivity index (χ3v) is 5.10. The van der Waals surface area contributed by atoms with E-state index in [0.717, 1.165) is 32.0 Å². The summed E-state index contributed by atoms with van der Waals surface area (Å²) in [7, 11) is 2.03. The third-order valence-electron chi connectivity index (χ3n) is 5.10. The van der Waals surface area contributed by atoms with Gasteiger partial charge in [0.1, 0.15) is 0 Å². The molecule has 2 heterocycles. The normalized spacial score (nSPS) is 23.0. The molecule has 0 radical (unpaired) electrons. The van der Waals surface area contributed by atoms with Gasteiger partial charge >= 0.3 is 6.18 Å². The van der Waals surface area contributed by atoms with Crippen molar-refractivity contribution in [2.45, 2.75) is 19.0 Å². The van der Waals surface area contributed by atoms with Crippen LogP contribution in [0.4, 0.5) is 18.9 Å². The van der Waals surface area contributed by atoms with E-state index in [1.165, 1.54) is 12.1 Å². The minimum atomic E-state index is -4.33. The van der Waals surface area contributed by atoms with Gasteiger partial charge in [-0.3, -0.25) is 4.79 Å². The Morgan fingerprint density at radius 2 is 1.84 bits per heavy atom. The first-order chi connectivity index (χ1) is 11.8. The maximum atomic E-state index is 12.9. The SMILES string of the molecule is CN1CCCC(C(=O)N2CCN(c3cccc(C(F)(F)F)c3)CC2)C1. The number of nitrogens with zero attached hydrogens (tertiary/aromatic N) is 3. The Bertz CT molecular complexity index is 612. The summed E-state index contributed by atoms with van der Waals surface area (Å²) < 4.78 is 38.6. The second kappa shape index (κ2) is 7.23. The highest BCUT2D eigenvalue weighted by Crippen LogP contribution is 2.32. The topological polar surface area (TPSA) is 26.8 Å². The first kappa shape index (κ1) is 18.0. The number of likely N-dealkylation sites (tertiary alicyclic amines) is 1. The van der Waals surface area contributed by atoms with Crippen molar-refractivity contribution < 1.29 is 18.0 Å². The molecule has 138 valence electrons. The van der Waals surface area contributed by atoms with Crippen LogP contribution in [-0.4, -0.2) is 62.0 Å². The number of hydrogen-bond donors (Lipinski definition) is 0. The fourth-order valence-corrected chi connectivity index (χ4v) is 3.69. The molecule has 7 heteroatoms. The Morgan fingerprint density at radius 3 is 2.48 bits per heavy atom. The van der Waals surface area contributed by atoms with E-state index in [1.807, 2.05) is 16.8 Å². The molecule has 2 fully saturated rings. The van der Waals surface area contributed by atoms with Crippen LogP contribution in [0.1, 0.15) is 18.4 Å². The predicted molar refractivity (Wildman–Crippen MR) is 90.5 cm³/mol. The van der Waals surface area contributed by atoms with Gasteiger partial charge in [-0.2, -0.15) is 13.2 Å². The van der Waals surface area contributed by atoms with Crippen molar-refractivity contribution in [2.75, 3.05) is 51.2 Å². The van der Waals surface area contributed by atoms with Gasteiger partial charge in [0.25, 0.3) is 0 Å². The fourth-order valence-electron chi connectivity index (χ4n) is 3.69. The maximum absolute atomic E-state index is 12.9. The molecule has 0 aromatic heterocycles. The Morgan fingerprint density at radius 1 is 1.12 bits per heavy atom. The van der Waals surface area contributed by atoms with Crippen molar-refractivity contribution in [3.63, 3.8) is 0 Å². The highest BCUT2D eigenvalue weighted by Gasteiger charge is 2.32. The Hall–Kier alpha value is -1.76. The minimum Gasteiger partial charge on any atom is -0.368 e. The van der Waals surface area contributed by atoms with E-state index >= 15 is 0 Å². The van der Waals surface area contributed by atoms with Gasteiger partial charge in [-0.05, 0) is 44.6 Å². The monoisotopic (exact) mass is 355 g/mol. The molecular weight excluding hydrogens is 331 g/mol. The van der Waals surface area contributed by atoms with Crippen molar-refractivity contribution in [3.05, 3.63) is 29.8 Å². The van der Waals surface area contributed by atoms with Crippen LogP contribution in [-0.2, 0) is 11.0 Å². The molecule has 1 aromatic rings. The van der Waals surface area contributed by atoms with E-state index in [1.54, 1.807) is 6.07 Å². The lowest BCUT2D eigenvalue weighted by atomic mass is 9.96. The van der Waals surface area contributed by atoms with Gasteiger partial charge in [-0.25, -0.2) is 0 Å². The zero-order chi connectivity index (χ0) is 18.0. The number of carbonyl (C=O) groups excluding carboxylic acids is 1. The zero-order valence-corrected chi connectivity index (χ0v) is 14.4. The molecule has 2 saturated heterocycles. The number of piperidine rings is 1. The molecule has 0 N–H and O–H groups in total. The lowest BCUT2D eigenvalue weighted by Gasteiger charge is -2.39. The summed E-state index contributed by atoms with van der Waals surface area (Å²) in [6.07, 6.45) is -2.37.